The zero-order chi connectivity index (χ0) is 27.0. The Kier molecular flexibility index (Phi) is 14.4. The number of carbonyl (C=O) groups is 1. The quantitative estimate of drug-likeness (QED) is 0.161. The van der Waals surface area contributed by atoms with Crippen molar-refractivity contribution in [2.45, 2.75) is 38.2 Å². The number of nitro groups is 1. The number of aryl methyl sites for hydroxylation is 1. The van der Waals surface area contributed by atoms with Crippen LogP contribution in [0.15, 0.2) is 23.1 Å². The van der Waals surface area contributed by atoms with Gasteiger partial charge < -0.3 is 29.0 Å². The van der Waals surface area contributed by atoms with Gasteiger partial charge in [-0.1, -0.05) is 0 Å². The minimum absolute atomic E-state index is 0.0446. The summed E-state index contributed by atoms with van der Waals surface area (Å²) in [6.07, 6.45) is -0.484. The maximum Gasteiger partial charge on any atom is 0.407 e. The SMILES string of the molecule is Cc1cc(S(=O)(=O)NCCOCCOCCOCCOCCNC(=O)OC(C)(C)C)ccc1[N+](=O)[O-]. The number of carbonyl (C=O) groups excluding carboxylic acids is 1. The summed E-state index contributed by atoms with van der Waals surface area (Å²) in [6, 6.07) is 3.62. The molecule has 36 heavy (non-hydrogen) atoms. The lowest BCUT2D eigenvalue weighted by molar-refractivity contribution is -0.385. The number of alkyl carbamates (subject to hydrolysis) is 1. The first-order chi connectivity index (χ1) is 16.9. The fourth-order valence-electron chi connectivity index (χ4n) is 2.63. The maximum atomic E-state index is 12.3. The lowest BCUT2D eigenvalue weighted by atomic mass is 10.2. The van der Waals surface area contributed by atoms with Gasteiger partial charge in [-0.05, 0) is 39.8 Å². The van der Waals surface area contributed by atoms with Crippen LogP contribution in [0.4, 0.5) is 10.5 Å². The second-order valence-electron chi connectivity index (χ2n) is 8.48. The first kappa shape index (κ1) is 31.7. The normalized spacial score (nSPS) is 11.9. The van der Waals surface area contributed by atoms with E-state index in [2.05, 4.69) is 10.0 Å². The molecule has 0 atom stereocenters. The van der Waals surface area contributed by atoms with Gasteiger partial charge in [0.05, 0.1) is 62.7 Å². The topological polar surface area (TPSA) is 165 Å². The molecule has 0 bridgehead atoms. The summed E-state index contributed by atoms with van der Waals surface area (Å²) in [4.78, 5) is 21.7. The van der Waals surface area contributed by atoms with Gasteiger partial charge in [-0.25, -0.2) is 17.9 Å². The number of nitrogens with zero attached hydrogens (tertiary/aromatic N) is 1. The molecule has 0 aliphatic carbocycles. The Morgan fingerprint density at radius 3 is 1.89 bits per heavy atom. The number of sulfonamides is 1. The minimum atomic E-state index is -3.79. The molecule has 1 rings (SSSR count). The molecule has 0 unspecified atom stereocenters. The largest absolute Gasteiger partial charge is 0.444 e. The van der Waals surface area contributed by atoms with E-state index in [-0.39, 0.29) is 35.9 Å². The molecule has 206 valence electrons. The smallest absolute Gasteiger partial charge is 0.407 e. The highest BCUT2D eigenvalue weighted by Crippen LogP contribution is 2.21. The Balaban J connectivity index is 1.96. The van der Waals surface area contributed by atoms with Gasteiger partial charge in [0.1, 0.15) is 5.60 Å². The van der Waals surface area contributed by atoms with Crippen LogP contribution in [-0.2, 0) is 33.7 Å². The second-order valence-corrected chi connectivity index (χ2v) is 10.2. The highest BCUT2D eigenvalue weighted by molar-refractivity contribution is 7.89. The van der Waals surface area contributed by atoms with Crippen molar-refractivity contribution in [2.75, 3.05) is 65.9 Å². The molecule has 13 nitrogen and oxygen atoms in total. The van der Waals surface area contributed by atoms with Crippen molar-refractivity contribution in [1.82, 2.24) is 10.0 Å². The summed E-state index contributed by atoms with van der Waals surface area (Å²) < 4.78 is 53.4. The summed E-state index contributed by atoms with van der Waals surface area (Å²) in [5, 5.41) is 13.4. The zero-order valence-corrected chi connectivity index (χ0v) is 22.1. The minimum Gasteiger partial charge on any atom is -0.444 e. The number of ether oxygens (including phenoxy) is 5. The predicted octanol–water partition coefficient (Wildman–Crippen LogP) is 1.77. The van der Waals surface area contributed by atoms with Crippen LogP contribution in [0, 0.1) is 17.0 Å². The van der Waals surface area contributed by atoms with Crippen LogP contribution < -0.4 is 10.0 Å². The average Bonchev–Trinajstić information content (AvgIpc) is 2.77. The van der Waals surface area contributed by atoms with Crippen LogP contribution in [0.3, 0.4) is 0 Å². The van der Waals surface area contributed by atoms with Crippen molar-refractivity contribution in [3.05, 3.63) is 33.9 Å². The molecular formula is C22H37N3O10S. The molecule has 0 spiro atoms. The summed E-state index contributed by atoms with van der Waals surface area (Å²) in [7, 11) is -3.79. The molecule has 0 aliphatic heterocycles. The van der Waals surface area contributed by atoms with Crippen LogP contribution in [0.5, 0.6) is 0 Å². The molecule has 1 amide bonds. The first-order valence-corrected chi connectivity index (χ1v) is 12.9. The fraction of sp³-hybridized carbons (Fsp3) is 0.682. The molecule has 0 radical (unpaired) electrons. The molecule has 0 aliphatic rings. The third kappa shape index (κ3) is 14.3. The van der Waals surface area contributed by atoms with E-state index in [1.807, 2.05) is 0 Å². The van der Waals surface area contributed by atoms with Gasteiger partial charge in [0, 0.05) is 24.7 Å². The van der Waals surface area contributed by atoms with Crippen molar-refractivity contribution >= 4 is 21.8 Å². The Bertz CT molecular complexity index is 919. The first-order valence-electron chi connectivity index (χ1n) is 11.4. The highest BCUT2D eigenvalue weighted by atomic mass is 32.2. The van der Waals surface area contributed by atoms with E-state index < -0.39 is 26.6 Å². The number of hydrogen-bond acceptors (Lipinski definition) is 10. The summed E-state index contributed by atoms with van der Waals surface area (Å²) in [6.45, 7) is 9.87. The van der Waals surface area contributed by atoms with Gasteiger partial charge in [0.15, 0.2) is 0 Å². The van der Waals surface area contributed by atoms with Gasteiger partial charge in [0.25, 0.3) is 5.69 Å². The van der Waals surface area contributed by atoms with E-state index in [1.165, 1.54) is 25.1 Å². The monoisotopic (exact) mass is 535 g/mol. The van der Waals surface area contributed by atoms with Crippen LogP contribution in [-0.4, -0.2) is 91.0 Å². The van der Waals surface area contributed by atoms with Crippen LogP contribution in [0.2, 0.25) is 0 Å². The third-order valence-corrected chi connectivity index (χ3v) is 5.70. The van der Waals surface area contributed by atoms with Crippen LogP contribution in [0.1, 0.15) is 26.3 Å². The van der Waals surface area contributed by atoms with Crippen LogP contribution >= 0.6 is 0 Å². The van der Waals surface area contributed by atoms with Crippen molar-refractivity contribution in [3.8, 4) is 0 Å². The number of rotatable bonds is 18. The van der Waals surface area contributed by atoms with Gasteiger partial charge in [-0.15, -0.1) is 0 Å². The number of benzene rings is 1. The van der Waals surface area contributed by atoms with E-state index >= 15 is 0 Å². The average molecular weight is 536 g/mol. The number of nitrogens with one attached hydrogen (secondary N) is 2. The molecular weight excluding hydrogens is 498 g/mol. The molecule has 0 fully saturated rings. The van der Waals surface area contributed by atoms with E-state index in [1.54, 1.807) is 20.8 Å². The Labute approximate surface area is 212 Å². The lowest BCUT2D eigenvalue weighted by Crippen LogP contribution is -2.34. The highest BCUT2D eigenvalue weighted by Gasteiger charge is 2.18. The van der Waals surface area contributed by atoms with E-state index in [4.69, 9.17) is 23.7 Å². The maximum absolute atomic E-state index is 12.3. The molecule has 2 N–H and O–H groups in total. The molecule has 0 saturated carbocycles. The molecule has 0 saturated heterocycles. The lowest BCUT2D eigenvalue weighted by Gasteiger charge is -2.19. The van der Waals surface area contributed by atoms with Crippen molar-refractivity contribution in [3.63, 3.8) is 0 Å². The Morgan fingerprint density at radius 1 is 0.917 bits per heavy atom. The Morgan fingerprint density at radius 2 is 1.42 bits per heavy atom. The molecule has 0 aromatic heterocycles. The standard InChI is InChI=1S/C22H37N3O10S/c1-18-17-19(5-6-20(18)25(27)28)36(29,30)24-8-10-32-12-14-34-16-15-33-13-11-31-9-7-23-21(26)35-22(2,3)4/h5-6,17,24H,7-16H2,1-4H3,(H,23,26). The van der Waals surface area contributed by atoms with Crippen molar-refractivity contribution in [1.29, 1.82) is 0 Å². The Hall–Kier alpha value is -2.36. The van der Waals surface area contributed by atoms with Gasteiger partial charge in [-0.3, -0.25) is 10.1 Å². The summed E-state index contributed by atoms with van der Waals surface area (Å²) in [5.74, 6) is 0. The van der Waals surface area contributed by atoms with Gasteiger partial charge in [-0.2, -0.15) is 0 Å². The third-order valence-electron chi connectivity index (χ3n) is 4.24. The van der Waals surface area contributed by atoms with Crippen molar-refractivity contribution < 1.29 is 41.8 Å². The molecule has 1 aromatic carbocycles. The molecule has 0 heterocycles. The van der Waals surface area contributed by atoms with E-state index in [0.717, 1.165) is 0 Å². The summed E-state index contributed by atoms with van der Waals surface area (Å²) >= 11 is 0. The predicted molar refractivity (Wildman–Crippen MR) is 131 cm³/mol. The zero-order valence-electron chi connectivity index (χ0n) is 21.2. The van der Waals surface area contributed by atoms with E-state index in [0.29, 0.717) is 46.2 Å². The van der Waals surface area contributed by atoms with Gasteiger partial charge in [0.2, 0.25) is 10.0 Å². The summed E-state index contributed by atoms with van der Waals surface area (Å²) in [5.41, 5.74) is -0.410. The van der Waals surface area contributed by atoms with Crippen molar-refractivity contribution in [2.24, 2.45) is 0 Å². The molecule has 1 aromatic rings. The van der Waals surface area contributed by atoms with Crippen LogP contribution in [0.25, 0.3) is 0 Å². The number of nitro benzene ring substituents is 1. The molecule has 14 heteroatoms. The number of amides is 1. The van der Waals surface area contributed by atoms with Gasteiger partial charge >= 0.3 is 6.09 Å². The second kappa shape index (κ2) is 16.4. The number of hydrogen-bond donors (Lipinski definition) is 2. The van der Waals surface area contributed by atoms with E-state index in [9.17, 15) is 23.3 Å². The fourth-order valence-corrected chi connectivity index (χ4v) is 3.73.